The minimum atomic E-state index is -0.112. The van der Waals surface area contributed by atoms with Crippen LogP contribution >= 0.6 is 39.1 Å². The summed E-state index contributed by atoms with van der Waals surface area (Å²) in [5, 5.41) is 1.20. The molecule has 5 heteroatoms. The summed E-state index contributed by atoms with van der Waals surface area (Å²) in [6.07, 6.45) is 0. The highest BCUT2D eigenvalue weighted by Crippen LogP contribution is 2.28. The number of Topliss-reactive ketones (excluding diaryl/α,β-unsaturated/α-hetero) is 1. The van der Waals surface area contributed by atoms with Gasteiger partial charge in [0.05, 0.1) is 4.47 Å². The number of ether oxygens (including phenoxy) is 1. The maximum atomic E-state index is 11.9. The lowest BCUT2D eigenvalue weighted by molar-refractivity contribution is 0.0921. The van der Waals surface area contributed by atoms with Crippen molar-refractivity contribution in [3.8, 4) is 5.75 Å². The second-order valence-corrected chi connectivity index (χ2v) is 5.52. The van der Waals surface area contributed by atoms with Crippen LogP contribution < -0.4 is 4.74 Å². The van der Waals surface area contributed by atoms with Gasteiger partial charge in [0.1, 0.15) is 5.75 Å². The standard InChI is InChI=1S/C14H9BrCl2O2/c15-12-7-11(17)5-6-14(12)19-8-13(18)9-1-3-10(16)4-2-9/h1-7H,8H2. The smallest absolute Gasteiger partial charge is 0.200 e. The molecule has 0 atom stereocenters. The van der Waals surface area contributed by atoms with Crippen LogP contribution in [0.5, 0.6) is 5.75 Å². The number of ketones is 1. The molecule has 0 unspecified atom stereocenters. The van der Waals surface area contributed by atoms with Crippen LogP contribution in [0.2, 0.25) is 10.0 Å². The molecule has 0 amide bonds. The fraction of sp³-hybridized carbons (Fsp3) is 0.0714. The van der Waals surface area contributed by atoms with Crippen LogP contribution in [0.15, 0.2) is 46.9 Å². The summed E-state index contributed by atoms with van der Waals surface area (Å²) >= 11 is 14.9. The lowest BCUT2D eigenvalue weighted by atomic mass is 10.1. The summed E-state index contributed by atoms with van der Waals surface area (Å²) in [4.78, 5) is 11.9. The van der Waals surface area contributed by atoms with Gasteiger partial charge in [0, 0.05) is 15.6 Å². The van der Waals surface area contributed by atoms with Crippen molar-refractivity contribution in [1.82, 2.24) is 0 Å². The van der Waals surface area contributed by atoms with Gasteiger partial charge in [0.25, 0.3) is 0 Å². The molecule has 0 bridgehead atoms. The Hall–Kier alpha value is -1.03. The van der Waals surface area contributed by atoms with E-state index in [0.717, 1.165) is 0 Å². The largest absolute Gasteiger partial charge is 0.484 e. The molecule has 0 aliphatic heterocycles. The topological polar surface area (TPSA) is 26.3 Å². The molecule has 0 spiro atoms. The third kappa shape index (κ3) is 3.96. The molecular weight excluding hydrogens is 351 g/mol. The minimum absolute atomic E-state index is 0.0398. The normalized spacial score (nSPS) is 10.3. The van der Waals surface area contributed by atoms with Crippen molar-refractivity contribution < 1.29 is 9.53 Å². The lowest BCUT2D eigenvalue weighted by Gasteiger charge is -2.07. The van der Waals surface area contributed by atoms with Crippen molar-refractivity contribution in [2.45, 2.75) is 0 Å². The molecule has 0 radical (unpaired) electrons. The van der Waals surface area contributed by atoms with Crippen molar-refractivity contribution in [3.63, 3.8) is 0 Å². The third-order valence-corrected chi connectivity index (χ3v) is 3.53. The van der Waals surface area contributed by atoms with E-state index in [9.17, 15) is 4.79 Å². The highest BCUT2D eigenvalue weighted by molar-refractivity contribution is 9.10. The summed E-state index contributed by atoms with van der Waals surface area (Å²) in [6, 6.07) is 11.8. The van der Waals surface area contributed by atoms with E-state index in [1.54, 1.807) is 42.5 Å². The van der Waals surface area contributed by atoms with Gasteiger partial charge >= 0.3 is 0 Å². The summed E-state index contributed by atoms with van der Waals surface area (Å²) in [5.41, 5.74) is 0.564. The molecule has 0 aliphatic rings. The Bertz CT molecular complexity index is 597. The average molecular weight is 360 g/mol. The van der Waals surface area contributed by atoms with Gasteiger partial charge < -0.3 is 4.74 Å². The van der Waals surface area contributed by atoms with Gasteiger partial charge in [-0.25, -0.2) is 0 Å². The highest BCUT2D eigenvalue weighted by atomic mass is 79.9. The van der Waals surface area contributed by atoms with Crippen LogP contribution in [0.4, 0.5) is 0 Å². The van der Waals surface area contributed by atoms with Crippen molar-refractivity contribution in [2.75, 3.05) is 6.61 Å². The van der Waals surface area contributed by atoms with Crippen molar-refractivity contribution in [1.29, 1.82) is 0 Å². The molecule has 2 rings (SSSR count). The summed E-state index contributed by atoms with van der Waals surface area (Å²) in [6.45, 7) is -0.0398. The van der Waals surface area contributed by atoms with Crippen LogP contribution in [0.25, 0.3) is 0 Å². The molecule has 98 valence electrons. The number of carbonyl (C=O) groups is 1. The van der Waals surface area contributed by atoms with Crippen LogP contribution in [0.1, 0.15) is 10.4 Å². The third-order valence-electron chi connectivity index (χ3n) is 2.42. The molecule has 0 N–H and O–H groups in total. The Morgan fingerprint density at radius 3 is 2.32 bits per heavy atom. The van der Waals surface area contributed by atoms with Crippen molar-refractivity contribution in [3.05, 3.63) is 62.5 Å². The number of halogens is 3. The fourth-order valence-electron chi connectivity index (χ4n) is 1.45. The van der Waals surface area contributed by atoms with Crippen LogP contribution in [0.3, 0.4) is 0 Å². The van der Waals surface area contributed by atoms with E-state index in [1.807, 2.05) is 0 Å². The van der Waals surface area contributed by atoms with Gasteiger partial charge in [-0.15, -0.1) is 0 Å². The molecule has 2 aromatic rings. The van der Waals surface area contributed by atoms with Crippen molar-refractivity contribution >= 4 is 44.9 Å². The van der Waals surface area contributed by atoms with E-state index < -0.39 is 0 Å². The Morgan fingerprint density at radius 2 is 1.68 bits per heavy atom. The summed E-state index contributed by atoms with van der Waals surface area (Å²) in [7, 11) is 0. The average Bonchev–Trinajstić information content (AvgIpc) is 2.38. The van der Waals surface area contributed by atoms with E-state index in [2.05, 4.69) is 15.9 Å². The Kier molecular flexibility index (Phi) is 4.86. The molecule has 19 heavy (non-hydrogen) atoms. The molecule has 0 fully saturated rings. The van der Waals surface area contributed by atoms with Gasteiger partial charge in [-0.05, 0) is 58.4 Å². The number of benzene rings is 2. The molecule has 0 saturated carbocycles. The Morgan fingerprint density at radius 1 is 1.05 bits per heavy atom. The van der Waals surface area contributed by atoms with Crippen LogP contribution in [-0.4, -0.2) is 12.4 Å². The maximum Gasteiger partial charge on any atom is 0.200 e. The molecule has 0 saturated heterocycles. The zero-order chi connectivity index (χ0) is 13.8. The lowest BCUT2D eigenvalue weighted by Crippen LogP contribution is -2.11. The predicted molar refractivity (Wildman–Crippen MR) is 80.4 cm³/mol. The summed E-state index contributed by atoms with van der Waals surface area (Å²) < 4.78 is 6.16. The Labute approximate surface area is 129 Å². The molecular formula is C14H9BrCl2O2. The monoisotopic (exact) mass is 358 g/mol. The zero-order valence-electron chi connectivity index (χ0n) is 9.70. The fourth-order valence-corrected chi connectivity index (χ4v) is 2.38. The van der Waals surface area contributed by atoms with Crippen LogP contribution in [-0.2, 0) is 0 Å². The van der Waals surface area contributed by atoms with Gasteiger partial charge in [-0.1, -0.05) is 23.2 Å². The molecule has 0 aliphatic carbocycles. The second kappa shape index (κ2) is 6.42. The predicted octanol–water partition coefficient (Wildman–Crippen LogP) is 5.02. The van der Waals surface area contributed by atoms with Crippen molar-refractivity contribution in [2.24, 2.45) is 0 Å². The molecule has 2 aromatic carbocycles. The van der Waals surface area contributed by atoms with E-state index >= 15 is 0 Å². The van der Waals surface area contributed by atoms with E-state index in [0.29, 0.717) is 25.8 Å². The number of hydrogen-bond acceptors (Lipinski definition) is 2. The van der Waals surface area contributed by atoms with Gasteiger partial charge in [0.2, 0.25) is 0 Å². The number of rotatable bonds is 4. The number of hydrogen-bond donors (Lipinski definition) is 0. The number of carbonyl (C=O) groups excluding carboxylic acids is 1. The van der Waals surface area contributed by atoms with Crippen LogP contribution in [0, 0.1) is 0 Å². The van der Waals surface area contributed by atoms with Gasteiger partial charge in [-0.3, -0.25) is 4.79 Å². The minimum Gasteiger partial charge on any atom is -0.484 e. The van der Waals surface area contributed by atoms with E-state index in [4.69, 9.17) is 27.9 Å². The van der Waals surface area contributed by atoms with Gasteiger partial charge in [0.15, 0.2) is 12.4 Å². The van der Waals surface area contributed by atoms with E-state index in [1.165, 1.54) is 0 Å². The first kappa shape index (κ1) is 14.4. The second-order valence-electron chi connectivity index (χ2n) is 3.79. The molecule has 0 aromatic heterocycles. The molecule has 0 heterocycles. The first-order valence-electron chi connectivity index (χ1n) is 5.43. The maximum absolute atomic E-state index is 11.9. The first-order valence-corrected chi connectivity index (χ1v) is 6.98. The van der Waals surface area contributed by atoms with E-state index in [-0.39, 0.29) is 12.4 Å². The SMILES string of the molecule is O=C(COc1ccc(Cl)cc1Br)c1ccc(Cl)cc1. The quantitative estimate of drug-likeness (QED) is 0.716. The summed E-state index contributed by atoms with van der Waals surface area (Å²) in [5.74, 6) is 0.463. The Balaban J connectivity index is 2.02. The zero-order valence-corrected chi connectivity index (χ0v) is 12.8. The first-order chi connectivity index (χ1) is 9.06. The highest BCUT2D eigenvalue weighted by Gasteiger charge is 2.08. The van der Waals surface area contributed by atoms with Gasteiger partial charge in [-0.2, -0.15) is 0 Å². The molecule has 2 nitrogen and oxygen atoms in total.